The van der Waals surface area contributed by atoms with Gasteiger partial charge in [-0.3, -0.25) is 0 Å². The molecule has 0 atom stereocenters. The van der Waals surface area contributed by atoms with Gasteiger partial charge in [0.25, 0.3) is 0 Å². The Labute approximate surface area is 176 Å². The van der Waals surface area contributed by atoms with E-state index >= 15 is 0 Å². The van der Waals surface area contributed by atoms with Crippen molar-refractivity contribution in [2.75, 3.05) is 5.32 Å². The first kappa shape index (κ1) is 19.6. The Balaban J connectivity index is 1.45. The molecule has 1 aliphatic rings. The summed E-state index contributed by atoms with van der Waals surface area (Å²) in [4.78, 5) is 21.3. The summed E-state index contributed by atoms with van der Waals surface area (Å²) in [7, 11) is 0. The van der Waals surface area contributed by atoms with Gasteiger partial charge < -0.3 is 10.6 Å². The Morgan fingerprint density at radius 3 is 2.77 bits per heavy atom. The quantitative estimate of drug-likeness (QED) is 0.654. The monoisotopic (exact) mass is 397 g/mol. The maximum Gasteiger partial charge on any atom is 0.319 e. The minimum atomic E-state index is -0.158. The molecule has 6 nitrogen and oxygen atoms in total. The van der Waals surface area contributed by atoms with E-state index in [2.05, 4.69) is 26.7 Å². The summed E-state index contributed by atoms with van der Waals surface area (Å²) >= 11 is 0. The van der Waals surface area contributed by atoms with Crippen molar-refractivity contribution in [3.8, 4) is 17.3 Å². The highest BCUT2D eigenvalue weighted by Crippen LogP contribution is 2.20. The first-order chi connectivity index (χ1) is 14.7. The lowest BCUT2D eigenvalue weighted by atomic mass is 10.1. The van der Waals surface area contributed by atoms with E-state index in [1.54, 1.807) is 12.3 Å². The SMILES string of the molecule is N#Cc1cccc(-c2ccnc(Cc3cccc(NC(=O)NC4CCCC4)c3)n2)c1. The summed E-state index contributed by atoms with van der Waals surface area (Å²) in [6.45, 7) is 0. The van der Waals surface area contributed by atoms with Gasteiger partial charge in [0.15, 0.2) is 0 Å². The van der Waals surface area contributed by atoms with Crippen molar-refractivity contribution >= 4 is 11.7 Å². The van der Waals surface area contributed by atoms with Crippen LogP contribution in [0, 0.1) is 11.3 Å². The van der Waals surface area contributed by atoms with Crippen LogP contribution in [0.1, 0.15) is 42.6 Å². The second kappa shape index (κ2) is 9.19. The van der Waals surface area contributed by atoms with Crippen LogP contribution in [0.5, 0.6) is 0 Å². The molecule has 1 fully saturated rings. The molecule has 2 amide bonds. The third-order valence-corrected chi connectivity index (χ3v) is 5.23. The van der Waals surface area contributed by atoms with Gasteiger partial charge in [-0.2, -0.15) is 5.26 Å². The van der Waals surface area contributed by atoms with E-state index in [9.17, 15) is 4.79 Å². The molecule has 2 N–H and O–H groups in total. The minimum absolute atomic E-state index is 0.158. The van der Waals surface area contributed by atoms with Gasteiger partial charge in [-0.15, -0.1) is 0 Å². The molecule has 4 rings (SSSR count). The Hall–Kier alpha value is -3.72. The number of hydrogen-bond acceptors (Lipinski definition) is 4. The number of nitrogens with zero attached hydrogens (tertiary/aromatic N) is 3. The second-order valence-corrected chi connectivity index (χ2v) is 7.51. The van der Waals surface area contributed by atoms with Gasteiger partial charge in [0.2, 0.25) is 0 Å². The average Bonchev–Trinajstić information content (AvgIpc) is 3.27. The molecule has 0 radical (unpaired) electrons. The minimum Gasteiger partial charge on any atom is -0.335 e. The number of hydrogen-bond donors (Lipinski definition) is 2. The second-order valence-electron chi connectivity index (χ2n) is 7.51. The third kappa shape index (κ3) is 5.00. The summed E-state index contributed by atoms with van der Waals surface area (Å²) < 4.78 is 0. The van der Waals surface area contributed by atoms with E-state index in [-0.39, 0.29) is 12.1 Å². The van der Waals surface area contributed by atoms with Crippen molar-refractivity contribution in [2.24, 2.45) is 0 Å². The molecule has 1 aliphatic carbocycles. The molecule has 1 aromatic heterocycles. The van der Waals surface area contributed by atoms with Crippen LogP contribution in [-0.2, 0) is 6.42 Å². The van der Waals surface area contributed by atoms with Crippen LogP contribution in [0.3, 0.4) is 0 Å². The lowest BCUT2D eigenvalue weighted by molar-refractivity contribution is 0.248. The number of benzene rings is 2. The average molecular weight is 397 g/mol. The molecule has 0 saturated heterocycles. The molecule has 150 valence electrons. The fraction of sp³-hybridized carbons (Fsp3) is 0.250. The van der Waals surface area contributed by atoms with Gasteiger partial charge in [-0.25, -0.2) is 14.8 Å². The number of nitriles is 1. The highest BCUT2D eigenvalue weighted by molar-refractivity contribution is 5.89. The van der Waals surface area contributed by atoms with Gasteiger partial charge in [0, 0.05) is 29.9 Å². The topological polar surface area (TPSA) is 90.7 Å². The van der Waals surface area contributed by atoms with Crippen LogP contribution < -0.4 is 10.6 Å². The normalized spacial score (nSPS) is 13.6. The van der Waals surface area contributed by atoms with E-state index < -0.39 is 0 Å². The van der Waals surface area contributed by atoms with E-state index in [4.69, 9.17) is 5.26 Å². The molecule has 0 bridgehead atoms. The van der Waals surface area contributed by atoms with Crippen LogP contribution in [0.15, 0.2) is 60.8 Å². The Kier molecular flexibility index (Phi) is 6.00. The zero-order valence-corrected chi connectivity index (χ0v) is 16.6. The van der Waals surface area contributed by atoms with Gasteiger partial charge >= 0.3 is 6.03 Å². The number of anilines is 1. The number of carbonyl (C=O) groups excluding carboxylic acids is 1. The molecule has 3 aromatic rings. The number of urea groups is 1. The molecule has 1 heterocycles. The molecule has 6 heteroatoms. The summed E-state index contributed by atoms with van der Waals surface area (Å²) in [6, 6.07) is 19.2. The fourth-order valence-corrected chi connectivity index (χ4v) is 3.76. The van der Waals surface area contributed by atoms with Crippen molar-refractivity contribution in [1.29, 1.82) is 5.26 Å². The maximum absolute atomic E-state index is 12.2. The number of aromatic nitrogens is 2. The van der Waals surface area contributed by atoms with Crippen LogP contribution in [0.25, 0.3) is 11.3 Å². The van der Waals surface area contributed by atoms with Crippen molar-refractivity contribution in [1.82, 2.24) is 15.3 Å². The number of rotatable bonds is 5. The van der Waals surface area contributed by atoms with Crippen LogP contribution in [0.4, 0.5) is 10.5 Å². The summed E-state index contributed by atoms with van der Waals surface area (Å²) in [5.74, 6) is 0.683. The van der Waals surface area contributed by atoms with E-state index in [0.717, 1.165) is 35.3 Å². The predicted octanol–water partition coefficient (Wildman–Crippen LogP) is 4.67. The van der Waals surface area contributed by atoms with Gasteiger partial charge in [-0.1, -0.05) is 37.1 Å². The van der Waals surface area contributed by atoms with Crippen molar-refractivity contribution in [3.63, 3.8) is 0 Å². The largest absolute Gasteiger partial charge is 0.335 e. The summed E-state index contributed by atoms with van der Waals surface area (Å²) in [5, 5.41) is 15.1. The molecule has 0 spiro atoms. The smallest absolute Gasteiger partial charge is 0.319 e. The van der Waals surface area contributed by atoms with Crippen LogP contribution in [-0.4, -0.2) is 22.0 Å². The molecular weight excluding hydrogens is 374 g/mol. The first-order valence-electron chi connectivity index (χ1n) is 10.2. The number of carbonyl (C=O) groups is 1. The van der Waals surface area contributed by atoms with Crippen LogP contribution in [0.2, 0.25) is 0 Å². The molecule has 0 unspecified atom stereocenters. The van der Waals surface area contributed by atoms with E-state index in [1.165, 1.54) is 12.8 Å². The van der Waals surface area contributed by atoms with Gasteiger partial charge in [0.1, 0.15) is 5.82 Å². The molecule has 2 aromatic carbocycles. The van der Waals surface area contributed by atoms with E-state index in [1.807, 2.05) is 48.5 Å². The molecule has 30 heavy (non-hydrogen) atoms. The van der Waals surface area contributed by atoms with Crippen molar-refractivity contribution in [2.45, 2.75) is 38.1 Å². The van der Waals surface area contributed by atoms with Gasteiger partial charge in [-0.05, 0) is 48.7 Å². The molecular formula is C24H23N5O. The number of amides is 2. The molecule has 0 aliphatic heterocycles. The Bertz CT molecular complexity index is 1080. The van der Waals surface area contributed by atoms with Crippen molar-refractivity contribution in [3.05, 3.63) is 77.7 Å². The summed E-state index contributed by atoms with van der Waals surface area (Å²) in [5.41, 5.74) is 4.03. The lowest BCUT2D eigenvalue weighted by Gasteiger charge is -2.13. The Morgan fingerprint density at radius 1 is 1.10 bits per heavy atom. The van der Waals surface area contributed by atoms with Gasteiger partial charge in [0.05, 0.1) is 17.3 Å². The first-order valence-corrected chi connectivity index (χ1v) is 10.2. The zero-order chi connectivity index (χ0) is 20.8. The highest BCUT2D eigenvalue weighted by atomic mass is 16.2. The Morgan fingerprint density at radius 2 is 1.93 bits per heavy atom. The highest BCUT2D eigenvalue weighted by Gasteiger charge is 2.17. The zero-order valence-electron chi connectivity index (χ0n) is 16.6. The van der Waals surface area contributed by atoms with Crippen molar-refractivity contribution < 1.29 is 4.79 Å². The lowest BCUT2D eigenvalue weighted by Crippen LogP contribution is -2.36. The fourth-order valence-electron chi connectivity index (χ4n) is 3.76. The van der Waals surface area contributed by atoms with Crippen LogP contribution >= 0.6 is 0 Å². The predicted molar refractivity (Wildman–Crippen MR) is 116 cm³/mol. The maximum atomic E-state index is 12.2. The summed E-state index contributed by atoms with van der Waals surface area (Å²) in [6.07, 6.45) is 6.75. The standard InChI is InChI=1S/C24H23N5O/c25-16-18-6-3-7-19(13-18)22-11-12-26-23(29-22)15-17-5-4-10-21(14-17)28-24(30)27-20-8-1-2-9-20/h3-7,10-14,20H,1-2,8-9,15H2,(H2,27,28,30). The van der Waals surface area contributed by atoms with E-state index in [0.29, 0.717) is 17.8 Å². The molecule has 1 saturated carbocycles. The third-order valence-electron chi connectivity index (χ3n) is 5.23. The number of nitrogens with one attached hydrogen (secondary N) is 2.